The van der Waals surface area contributed by atoms with Crippen molar-refractivity contribution in [1.29, 1.82) is 0 Å². The molecule has 1 heterocycles. The fourth-order valence-electron chi connectivity index (χ4n) is 2.36. The Kier molecular flexibility index (Phi) is 4.63. The first-order valence-corrected chi connectivity index (χ1v) is 8.99. The number of sulfonamides is 1. The van der Waals surface area contributed by atoms with Crippen molar-refractivity contribution in [3.63, 3.8) is 0 Å². The third-order valence-corrected chi connectivity index (χ3v) is 4.88. The maximum Gasteiger partial charge on any atom is 0.285 e. The van der Waals surface area contributed by atoms with E-state index in [0.29, 0.717) is 22.6 Å². The highest BCUT2D eigenvalue weighted by Gasteiger charge is 2.14. The molecule has 3 aromatic rings. The van der Waals surface area contributed by atoms with Crippen molar-refractivity contribution < 1.29 is 13.2 Å². The molecule has 0 aliphatic carbocycles. The summed E-state index contributed by atoms with van der Waals surface area (Å²) in [6.45, 7) is 0. The van der Waals surface area contributed by atoms with Crippen LogP contribution in [0.15, 0.2) is 64.0 Å². The lowest BCUT2D eigenvalue weighted by atomic mass is 10.2. The molecule has 0 saturated heterocycles. The molecule has 0 aliphatic heterocycles. The summed E-state index contributed by atoms with van der Waals surface area (Å²) in [7, 11) is -2.44. The van der Waals surface area contributed by atoms with E-state index in [4.69, 9.17) is 16.2 Å². The van der Waals surface area contributed by atoms with Crippen molar-refractivity contribution in [3.8, 4) is 5.75 Å². The summed E-state index contributed by atoms with van der Waals surface area (Å²) in [4.78, 5) is 4.27. The number of benzene rings is 2. The lowest BCUT2D eigenvalue weighted by Crippen LogP contribution is -2.24. The average Bonchev–Trinajstić information content (AvgIpc) is 2.61. The number of nitrogens with two attached hydrogens (primary N) is 2. The molecule has 134 valence electrons. The number of rotatable bonds is 4. The second-order valence-corrected chi connectivity index (χ2v) is 7.00. The third-order valence-electron chi connectivity index (χ3n) is 3.57. The van der Waals surface area contributed by atoms with Gasteiger partial charge in [0.25, 0.3) is 10.0 Å². The number of methoxy groups -OCH3 is 1. The van der Waals surface area contributed by atoms with Crippen molar-refractivity contribution in [2.24, 2.45) is 10.1 Å². The second-order valence-electron chi connectivity index (χ2n) is 5.40. The highest BCUT2D eigenvalue weighted by atomic mass is 32.2. The molecule has 0 atom stereocenters. The zero-order valence-corrected chi connectivity index (χ0v) is 14.7. The molecular formula is C17H17N5O3S. The molecule has 8 nitrogen and oxygen atoms in total. The van der Waals surface area contributed by atoms with Crippen LogP contribution in [0.1, 0.15) is 0 Å². The fourth-order valence-corrected chi connectivity index (χ4v) is 3.25. The Bertz CT molecular complexity index is 1080. The van der Waals surface area contributed by atoms with Crippen molar-refractivity contribution in [2.75, 3.05) is 18.2 Å². The van der Waals surface area contributed by atoms with Gasteiger partial charge in [0.2, 0.25) is 5.96 Å². The van der Waals surface area contributed by atoms with Gasteiger partial charge in [-0.3, -0.25) is 4.98 Å². The van der Waals surface area contributed by atoms with Crippen molar-refractivity contribution in [1.82, 2.24) is 4.98 Å². The molecule has 0 radical (unpaired) electrons. The maximum atomic E-state index is 12.3. The zero-order chi connectivity index (χ0) is 18.7. The molecule has 0 bridgehead atoms. The van der Waals surface area contributed by atoms with Crippen molar-refractivity contribution >= 4 is 38.3 Å². The third kappa shape index (κ3) is 3.67. The van der Waals surface area contributed by atoms with Crippen LogP contribution >= 0.6 is 0 Å². The molecule has 1 aromatic heterocycles. The van der Waals surface area contributed by atoms with Gasteiger partial charge in [0.05, 0.1) is 23.2 Å². The molecule has 5 N–H and O–H groups in total. The van der Waals surface area contributed by atoms with Crippen LogP contribution in [0.4, 0.5) is 11.4 Å². The molecule has 3 rings (SSSR count). The average molecular weight is 371 g/mol. The summed E-state index contributed by atoms with van der Waals surface area (Å²) in [6.07, 6.45) is 1.62. The Morgan fingerprint density at radius 2 is 1.92 bits per heavy atom. The monoisotopic (exact) mass is 371 g/mol. The Hall–Kier alpha value is -3.33. The summed E-state index contributed by atoms with van der Waals surface area (Å²) in [5, 5.41) is 3.59. The molecule has 0 unspecified atom stereocenters. The van der Waals surface area contributed by atoms with Crippen LogP contribution in [0.2, 0.25) is 0 Å². The molecule has 9 heteroatoms. The van der Waals surface area contributed by atoms with Gasteiger partial charge in [-0.2, -0.15) is 8.42 Å². The van der Waals surface area contributed by atoms with Gasteiger partial charge in [0.15, 0.2) is 0 Å². The summed E-state index contributed by atoms with van der Waals surface area (Å²) in [5.41, 5.74) is 12.9. The summed E-state index contributed by atoms with van der Waals surface area (Å²) in [5.74, 6) is 0.282. The van der Waals surface area contributed by atoms with Crippen LogP contribution < -0.4 is 21.5 Å². The summed E-state index contributed by atoms with van der Waals surface area (Å²) in [6, 6.07) is 12.8. The quantitative estimate of drug-likeness (QED) is 0.362. The predicted molar refractivity (Wildman–Crippen MR) is 102 cm³/mol. The summed E-state index contributed by atoms with van der Waals surface area (Å²) < 4.78 is 33.5. The summed E-state index contributed by atoms with van der Waals surface area (Å²) >= 11 is 0. The maximum absolute atomic E-state index is 12.3. The fraction of sp³-hybridized carbons (Fsp3) is 0.0588. The Morgan fingerprint density at radius 1 is 1.19 bits per heavy atom. The minimum atomic E-state index is -3.97. The number of nitrogen functional groups attached to an aromatic ring is 1. The van der Waals surface area contributed by atoms with Gasteiger partial charge in [0.1, 0.15) is 5.75 Å². The highest BCUT2D eigenvalue weighted by Crippen LogP contribution is 2.27. The number of fused-ring (bicyclic) bond motifs is 1. The molecule has 26 heavy (non-hydrogen) atoms. The molecule has 0 aliphatic rings. The van der Waals surface area contributed by atoms with Gasteiger partial charge in [-0.25, -0.2) is 0 Å². The van der Waals surface area contributed by atoms with Crippen LogP contribution in [0, 0.1) is 0 Å². The van der Waals surface area contributed by atoms with Crippen molar-refractivity contribution in [2.45, 2.75) is 4.90 Å². The number of nitrogens with one attached hydrogen (secondary N) is 1. The van der Waals surface area contributed by atoms with Crippen LogP contribution in [-0.4, -0.2) is 26.5 Å². The molecular weight excluding hydrogens is 354 g/mol. The highest BCUT2D eigenvalue weighted by molar-refractivity contribution is 7.90. The number of pyridine rings is 1. The normalized spacial score (nSPS) is 12.1. The number of anilines is 2. The van der Waals surface area contributed by atoms with E-state index in [2.05, 4.69) is 14.7 Å². The van der Waals surface area contributed by atoms with Crippen molar-refractivity contribution in [3.05, 3.63) is 54.7 Å². The van der Waals surface area contributed by atoms with E-state index in [1.54, 1.807) is 18.3 Å². The minimum Gasteiger partial charge on any atom is -0.497 e. The number of hydrogen-bond acceptors (Lipinski definition) is 5. The molecule has 0 amide bonds. The molecule has 0 spiro atoms. The minimum absolute atomic E-state index is 0.00919. The van der Waals surface area contributed by atoms with Crippen LogP contribution in [0.3, 0.4) is 0 Å². The van der Waals surface area contributed by atoms with Crippen LogP contribution in [-0.2, 0) is 10.0 Å². The second kappa shape index (κ2) is 6.89. The van der Waals surface area contributed by atoms with E-state index in [9.17, 15) is 8.42 Å². The van der Waals surface area contributed by atoms with Gasteiger partial charge < -0.3 is 21.5 Å². The van der Waals surface area contributed by atoms with E-state index < -0.39 is 10.0 Å². The van der Waals surface area contributed by atoms with Gasteiger partial charge in [-0.15, -0.1) is 4.40 Å². The van der Waals surface area contributed by atoms with Gasteiger partial charge in [0, 0.05) is 23.3 Å². The first-order valence-electron chi connectivity index (χ1n) is 7.55. The predicted octanol–water partition coefficient (Wildman–Crippen LogP) is 1.94. The lowest BCUT2D eigenvalue weighted by Gasteiger charge is -2.11. The van der Waals surface area contributed by atoms with Gasteiger partial charge in [-0.1, -0.05) is 6.07 Å². The Morgan fingerprint density at radius 3 is 2.62 bits per heavy atom. The Labute approximate surface area is 150 Å². The van der Waals surface area contributed by atoms with E-state index in [1.807, 2.05) is 12.1 Å². The Balaban J connectivity index is 1.97. The standard InChI is InChI=1S/C17H17N5O3S/c1-25-13-9-11-3-2-8-20-16(11)15(10-13)21-17(19)22-26(23,24)14-6-4-12(18)5-7-14/h2-10H,18H2,1H3,(H3,19,21,22). The first kappa shape index (κ1) is 17.5. The topological polar surface area (TPSA) is 133 Å². The lowest BCUT2D eigenvalue weighted by molar-refractivity contribution is 0.415. The molecule has 0 fully saturated rings. The van der Waals surface area contributed by atoms with Crippen LogP contribution in [0.25, 0.3) is 10.9 Å². The smallest absolute Gasteiger partial charge is 0.285 e. The first-order chi connectivity index (χ1) is 12.4. The van der Waals surface area contributed by atoms with Crippen LogP contribution in [0.5, 0.6) is 5.75 Å². The largest absolute Gasteiger partial charge is 0.497 e. The van der Waals surface area contributed by atoms with E-state index in [0.717, 1.165) is 5.39 Å². The zero-order valence-electron chi connectivity index (χ0n) is 13.9. The number of aromatic nitrogens is 1. The number of nitrogens with zero attached hydrogens (tertiary/aromatic N) is 2. The van der Waals surface area contributed by atoms with Gasteiger partial charge >= 0.3 is 0 Å². The number of hydrogen-bond donors (Lipinski definition) is 3. The van der Waals surface area contributed by atoms with E-state index >= 15 is 0 Å². The number of guanidine groups is 1. The van der Waals surface area contributed by atoms with Gasteiger partial charge in [-0.05, 0) is 36.4 Å². The number of ether oxygens (including phenoxy) is 1. The van der Waals surface area contributed by atoms with E-state index in [1.165, 1.54) is 31.4 Å². The SMILES string of the molecule is COc1cc(N/C(N)=N/S(=O)(=O)c2ccc(N)cc2)c2ncccc2c1. The molecule has 0 saturated carbocycles. The van der Waals surface area contributed by atoms with E-state index in [-0.39, 0.29) is 10.9 Å². The molecule has 2 aromatic carbocycles.